The van der Waals surface area contributed by atoms with Crippen molar-refractivity contribution >= 4 is 18.7 Å². The number of likely N-dealkylation sites (N-methyl/N-ethyl adjacent to an activating group) is 1. The Hall–Kier alpha value is -0.720. The van der Waals surface area contributed by atoms with Gasteiger partial charge in [-0.05, 0) is 38.5 Å². The van der Waals surface area contributed by atoms with Crippen molar-refractivity contribution in [3.05, 3.63) is 35.6 Å². The molecule has 2 rings (SSSR count). The summed E-state index contributed by atoms with van der Waals surface area (Å²) < 4.78 is 41.2. The van der Waals surface area contributed by atoms with Crippen LogP contribution in [0.3, 0.4) is 0 Å². The van der Waals surface area contributed by atoms with Crippen molar-refractivity contribution < 1.29 is 22.0 Å². The van der Waals surface area contributed by atoms with Crippen molar-refractivity contribution in [1.82, 2.24) is 4.90 Å². The Morgan fingerprint density at radius 3 is 2.39 bits per heavy atom. The Labute approximate surface area is 140 Å². The highest BCUT2D eigenvalue weighted by Crippen LogP contribution is 2.65. The van der Waals surface area contributed by atoms with Crippen molar-refractivity contribution in [3.63, 3.8) is 0 Å². The fraction of sp³-hybridized carbons (Fsp3) is 0.600. The van der Waals surface area contributed by atoms with Crippen molar-refractivity contribution in [3.8, 4) is 0 Å². The molecule has 2 atom stereocenters. The van der Waals surface area contributed by atoms with Crippen molar-refractivity contribution in [1.29, 1.82) is 0 Å². The fourth-order valence-corrected chi connectivity index (χ4v) is 6.42. The third-order valence-electron chi connectivity index (χ3n) is 3.61. The van der Waals surface area contributed by atoms with Crippen molar-refractivity contribution in [2.75, 3.05) is 33.4 Å². The van der Waals surface area contributed by atoms with E-state index in [4.69, 9.17) is 13.2 Å². The number of allylic oxidation sites excluding steroid dienone is 1. The third-order valence-corrected chi connectivity index (χ3v) is 8.26. The molecular formula is C15H24NO5PS. The molecule has 0 aromatic rings. The van der Waals surface area contributed by atoms with Crippen LogP contribution in [-0.4, -0.2) is 47.0 Å². The molecule has 0 N–H and O–H groups in total. The predicted octanol–water partition coefficient (Wildman–Crippen LogP) is 2.97. The van der Waals surface area contributed by atoms with Gasteiger partial charge in [0.1, 0.15) is 0 Å². The molecule has 0 saturated heterocycles. The van der Waals surface area contributed by atoms with Crippen LogP contribution in [-0.2, 0) is 28.9 Å². The highest BCUT2D eigenvalue weighted by molar-refractivity contribution is 7.91. The normalized spacial score (nSPS) is 25.1. The second kappa shape index (κ2) is 7.45. The van der Waals surface area contributed by atoms with E-state index in [2.05, 4.69) is 0 Å². The molecule has 2 unspecified atom stereocenters. The first kappa shape index (κ1) is 18.6. The minimum Gasteiger partial charge on any atom is -0.371 e. The summed E-state index contributed by atoms with van der Waals surface area (Å²) in [6, 6.07) is 0. The molecular weight excluding hydrogens is 337 g/mol. The quantitative estimate of drug-likeness (QED) is 0.619. The maximum atomic E-state index is 13.5. The number of nitrogens with zero attached hydrogens (tertiary/aromatic N) is 1. The van der Waals surface area contributed by atoms with E-state index in [0.717, 1.165) is 17.8 Å². The van der Waals surface area contributed by atoms with Gasteiger partial charge < -0.3 is 13.9 Å². The summed E-state index contributed by atoms with van der Waals surface area (Å²) in [6.07, 6.45) is 7.34. The largest absolute Gasteiger partial charge is 0.371 e. The average Bonchev–Trinajstić information content (AvgIpc) is 2.91. The van der Waals surface area contributed by atoms with Gasteiger partial charge in [-0.25, -0.2) is 4.21 Å². The fourth-order valence-electron chi connectivity index (χ4n) is 2.64. The highest BCUT2D eigenvalue weighted by atomic mass is 32.2. The maximum Gasteiger partial charge on any atom is 0.359 e. The van der Waals surface area contributed by atoms with E-state index in [9.17, 15) is 8.77 Å². The summed E-state index contributed by atoms with van der Waals surface area (Å²) in [5, 5.41) is 0. The van der Waals surface area contributed by atoms with E-state index in [-0.39, 0.29) is 19.8 Å². The topological polar surface area (TPSA) is 65.1 Å². The minimum atomic E-state index is -3.72. The zero-order chi connectivity index (χ0) is 17.1. The molecule has 2 aliphatic rings. The molecule has 0 amide bonds. The van der Waals surface area contributed by atoms with Crippen LogP contribution in [0.25, 0.3) is 0 Å². The van der Waals surface area contributed by atoms with Gasteiger partial charge in [0.15, 0.2) is 11.1 Å². The van der Waals surface area contributed by atoms with Crippen LogP contribution in [0.1, 0.15) is 20.8 Å². The smallest absolute Gasteiger partial charge is 0.359 e. The predicted molar refractivity (Wildman–Crippen MR) is 91.3 cm³/mol. The van der Waals surface area contributed by atoms with Gasteiger partial charge in [0.05, 0.1) is 19.8 Å². The van der Waals surface area contributed by atoms with Crippen molar-refractivity contribution in [2.24, 2.45) is 0 Å². The Bertz CT molecular complexity index is 605. The number of hydrogen-bond donors (Lipinski definition) is 0. The van der Waals surface area contributed by atoms with E-state index in [0.29, 0.717) is 0 Å². The van der Waals surface area contributed by atoms with Gasteiger partial charge in [0, 0.05) is 19.3 Å². The summed E-state index contributed by atoms with van der Waals surface area (Å²) in [7, 11) is -1.80. The average molecular weight is 361 g/mol. The molecule has 0 aromatic heterocycles. The van der Waals surface area contributed by atoms with Crippen LogP contribution in [0, 0.1) is 0 Å². The molecule has 1 heterocycles. The maximum absolute atomic E-state index is 13.5. The van der Waals surface area contributed by atoms with Gasteiger partial charge in [-0.3, -0.25) is 8.75 Å². The summed E-state index contributed by atoms with van der Waals surface area (Å²) in [5.74, 6) is 0. The van der Waals surface area contributed by atoms with E-state index >= 15 is 0 Å². The lowest BCUT2D eigenvalue weighted by molar-refractivity contribution is 0.214. The number of hydrogen-bond acceptors (Lipinski definition) is 6. The molecule has 0 radical (unpaired) electrons. The van der Waals surface area contributed by atoms with Gasteiger partial charge in [-0.15, -0.1) is 0 Å². The van der Waals surface area contributed by atoms with Gasteiger partial charge in [-0.2, -0.15) is 0 Å². The van der Waals surface area contributed by atoms with Gasteiger partial charge in [0.2, 0.25) is 4.49 Å². The zero-order valence-corrected chi connectivity index (χ0v) is 15.7. The SMILES string of the molecule is CCOS(=O)C1(P(=O)(OCC)OCC)C=C2C=CCN(C)C2=C1. The Morgan fingerprint density at radius 1 is 1.22 bits per heavy atom. The van der Waals surface area contributed by atoms with E-state index < -0.39 is 23.2 Å². The molecule has 0 fully saturated rings. The Balaban J connectivity index is 2.60. The van der Waals surface area contributed by atoms with Crippen LogP contribution in [0.5, 0.6) is 0 Å². The Morgan fingerprint density at radius 2 is 1.87 bits per heavy atom. The first-order valence-electron chi connectivity index (χ1n) is 7.72. The van der Waals surface area contributed by atoms with Crippen LogP contribution >= 0.6 is 7.60 Å². The molecule has 130 valence electrons. The number of fused-ring (bicyclic) bond motifs is 1. The van der Waals surface area contributed by atoms with Crippen LogP contribution < -0.4 is 0 Å². The lowest BCUT2D eigenvalue weighted by atomic mass is 10.1. The third kappa shape index (κ3) is 3.26. The molecule has 23 heavy (non-hydrogen) atoms. The van der Waals surface area contributed by atoms with Gasteiger partial charge in [-0.1, -0.05) is 12.2 Å². The highest BCUT2D eigenvalue weighted by Gasteiger charge is 2.57. The molecule has 1 aliphatic heterocycles. The molecule has 0 aromatic carbocycles. The van der Waals surface area contributed by atoms with Crippen LogP contribution in [0.15, 0.2) is 35.6 Å². The molecule has 1 aliphatic carbocycles. The van der Waals surface area contributed by atoms with E-state index in [1.807, 2.05) is 24.1 Å². The second-order valence-corrected chi connectivity index (χ2v) is 9.07. The first-order valence-corrected chi connectivity index (χ1v) is 10.3. The molecule has 0 bridgehead atoms. The molecule has 6 nitrogen and oxygen atoms in total. The van der Waals surface area contributed by atoms with Crippen LogP contribution in [0.4, 0.5) is 0 Å². The van der Waals surface area contributed by atoms with E-state index in [1.165, 1.54) is 0 Å². The van der Waals surface area contributed by atoms with Gasteiger partial charge in [0.25, 0.3) is 0 Å². The summed E-state index contributed by atoms with van der Waals surface area (Å²) in [5.41, 5.74) is 1.71. The summed E-state index contributed by atoms with van der Waals surface area (Å²) in [6.45, 7) is 6.57. The monoisotopic (exact) mass is 361 g/mol. The minimum absolute atomic E-state index is 0.195. The lowest BCUT2D eigenvalue weighted by Gasteiger charge is -2.31. The zero-order valence-electron chi connectivity index (χ0n) is 14.0. The Kier molecular flexibility index (Phi) is 6.03. The van der Waals surface area contributed by atoms with E-state index in [1.54, 1.807) is 32.9 Å². The molecule has 0 spiro atoms. The standard InChI is InChI=1S/C15H24NO5PS/c1-5-19-22(17,20-6-2)15(23(18)21-7-3)11-13-9-8-10-16(4)14(13)12-15/h8-9,11-12H,5-7,10H2,1-4H3. The number of rotatable bonds is 8. The van der Waals surface area contributed by atoms with Crippen LogP contribution in [0.2, 0.25) is 0 Å². The molecule has 8 heteroatoms. The second-order valence-electron chi connectivity index (χ2n) is 5.14. The lowest BCUT2D eigenvalue weighted by Crippen LogP contribution is -2.32. The molecule has 0 saturated carbocycles. The first-order chi connectivity index (χ1) is 10.9. The summed E-state index contributed by atoms with van der Waals surface area (Å²) in [4.78, 5) is 2.00. The van der Waals surface area contributed by atoms with Gasteiger partial charge >= 0.3 is 7.60 Å². The van der Waals surface area contributed by atoms with Crippen molar-refractivity contribution in [2.45, 2.75) is 25.3 Å². The summed E-state index contributed by atoms with van der Waals surface area (Å²) >= 11 is -1.88.